The van der Waals surface area contributed by atoms with Crippen molar-refractivity contribution >= 4 is 11.9 Å². The number of esters is 2. The fraction of sp³-hybridized carbons (Fsp3) is 0.440. The zero-order chi connectivity index (χ0) is 26.4. The van der Waals surface area contributed by atoms with Gasteiger partial charge < -0.3 is 38.6 Å². The smallest absolute Gasteiger partial charge is 0.305 e. The minimum Gasteiger partial charge on any atom is -0.507 e. The first-order valence-electron chi connectivity index (χ1n) is 10.7. The molecule has 194 valence electrons. The molecule has 2 rings (SSSR count). The summed E-state index contributed by atoms with van der Waals surface area (Å²) in [7, 11) is 7.26. The van der Waals surface area contributed by atoms with Gasteiger partial charge >= 0.3 is 11.9 Å². The van der Waals surface area contributed by atoms with Crippen molar-refractivity contribution in [2.24, 2.45) is 0 Å². The van der Waals surface area contributed by atoms with Gasteiger partial charge in [0.2, 0.25) is 0 Å². The Bertz CT molecular complexity index is 948. The molecule has 0 aliphatic rings. The third-order valence-electron chi connectivity index (χ3n) is 5.00. The summed E-state index contributed by atoms with van der Waals surface area (Å²) >= 11 is 0. The Labute approximate surface area is 205 Å². The van der Waals surface area contributed by atoms with Crippen LogP contribution in [0.4, 0.5) is 0 Å². The van der Waals surface area contributed by atoms with Crippen LogP contribution in [0.15, 0.2) is 24.3 Å². The Balaban J connectivity index is 0.000000355. The van der Waals surface area contributed by atoms with Gasteiger partial charge in [0.1, 0.15) is 28.7 Å². The van der Waals surface area contributed by atoms with Crippen molar-refractivity contribution in [2.75, 3.05) is 42.3 Å². The summed E-state index contributed by atoms with van der Waals surface area (Å²) in [5, 5.41) is 19.2. The van der Waals surface area contributed by atoms with Crippen LogP contribution in [-0.2, 0) is 36.6 Å². The van der Waals surface area contributed by atoms with Gasteiger partial charge in [-0.25, -0.2) is 0 Å². The summed E-state index contributed by atoms with van der Waals surface area (Å²) in [5.74, 6) is 0.911. The molecule has 0 bridgehead atoms. The van der Waals surface area contributed by atoms with E-state index >= 15 is 0 Å². The van der Waals surface area contributed by atoms with E-state index in [1.807, 2.05) is 13.0 Å². The Morgan fingerprint density at radius 2 is 1.23 bits per heavy atom. The number of rotatable bonds is 11. The number of benzene rings is 2. The molecule has 0 aromatic heterocycles. The molecule has 0 saturated carbocycles. The van der Waals surface area contributed by atoms with E-state index in [1.54, 1.807) is 20.3 Å². The van der Waals surface area contributed by atoms with Crippen molar-refractivity contribution in [3.8, 4) is 28.7 Å². The predicted octanol–water partition coefficient (Wildman–Crippen LogP) is 3.30. The minimum atomic E-state index is -0.394. The molecule has 0 spiro atoms. The second-order valence-corrected chi connectivity index (χ2v) is 7.27. The Morgan fingerprint density at radius 3 is 1.69 bits per heavy atom. The van der Waals surface area contributed by atoms with Crippen LogP contribution in [0.1, 0.15) is 29.5 Å². The number of ether oxygens (including phenoxy) is 6. The minimum absolute atomic E-state index is 0.0965. The van der Waals surface area contributed by atoms with Gasteiger partial charge in [-0.1, -0.05) is 0 Å². The lowest BCUT2D eigenvalue weighted by molar-refractivity contribution is -0.141. The zero-order valence-corrected chi connectivity index (χ0v) is 21.0. The maximum atomic E-state index is 11.2. The summed E-state index contributed by atoms with van der Waals surface area (Å²) in [6, 6.07) is 6.46. The Hall–Kier alpha value is -3.66. The average Bonchev–Trinajstić information content (AvgIpc) is 2.85. The number of methoxy groups -OCH3 is 5. The standard InChI is InChI=1S/C14H20O5.C11H14O5/c1-10-7-11(17-3)8-13(19-9-16-2)12(10)5-6-14(15)18-4;1-15-7-5-9(12)8(10(13)6-7)3-4-11(14)16-2/h7-8H,5-6,9H2,1-4H3;5-6,12-13H,3-4H2,1-2H3. The molecule has 2 aromatic carbocycles. The summed E-state index contributed by atoms with van der Waals surface area (Å²) < 4.78 is 29.6. The predicted molar refractivity (Wildman–Crippen MR) is 127 cm³/mol. The van der Waals surface area contributed by atoms with Crippen LogP contribution in [0.25, 0.3) is 0 Å². The first-order valence-corrected chi connectivity index (χ1v) is 10.7. The lowest BCUT2D eigenvalue weighted by Crippen LogP contribution is -2.07. The van der Waals surface area contributed by atoms with Gasteiger partial charge in [0.25, 0.3) is 0 Å². The molecule has 0 saturated heterocycles. The van der Waals surface area contributed by atoms with E-state index in [0.717, 1.165) is 11.1 Å². The van der Waals surface area contributed by atoms with Gasteiger partial charge in [-0.3, -0.25) is 9.59 Å². The maximum Gasteiger partial charge on any atom is 0.305 e. The van der Waals surface area contributed by atoms with E-state index in [1.165, 1.54) is 33.5 Å². The molecule has 0 heterocycles. The summed E-state index contributed by atoms with van der Waals surface area (Å²) in [6.07, 6.45) is 1.19. The highest BCUT2D eigenvalue weighted by molar-refractivity contribution is 5.70. The van der Waals surface area contributed by atoms with E-state index in [9.17, 15) is 19.8 Å². The molecule has 0 unspecified atom stereocenters. The van der Waals surface area contributed by atoms with Crippen LogP contribution in [0.2, 0.25) is 0 Å². The van der Waals surface area contributed by atoms with Gasteiger partial charge in [-0.2, -0.15) is 0 Å². The molecule has 0 aliphatic carbocycles. The van der Waals surface area contributed by atoms with Crippen LogP contribution < -0.4 is 14.2 Å². The molecule has 35 heavy (non-hydrogen) atoms. The molecule has 0 radical (unpaired) electrons. The topological polar surface area (TPSA) is 130 Å². The van der Waals surface area contributed by atoms with Crippen molar-refractivity contribution < 1.29 is 48.2 Å². The van der Waals surface area contributed by atoms with Crippen molar-refractivity contribution in [3.05, 3.63) is 41.0 Å². The molecular weight excluding hydrogens is 460 g/mol. The van der Waals surface area contributed by atoms with Crippen LogP contribution in [0, 0.1) is 6.92 Å². The average molecular weight is 495 g/mol. The number of phenols is 2. The number of phenolic OH excluding ortho intramolecular Hbond substituents is 2. The summed E-state index contributed by atoms with van der Waals surface area (Å²) in [5.41, 5.74) is 2.28. The molecule has 0 fully saturated rings. The van der Waals surface area contributed by atoms with Gasteiger partial charge in [0.05, 0.1) is 28.4 Å². The lowest BCUT2D eigenvalue weighted by atomic mass is 10.0. The number of aromatic hydroxyl groups is 2. The number of carbonyl (C=O) groups excluding carboxylic acids is 2. The van der Waals surface area contributed by atoms with Crippen molar-refractivity contribution in [2.45, 2.75) is 32.6 Å². The highest BCUT2D eigenvalue weighted by Gasteiger charge is 2.13. The molecule has 10 heteroatoms. The molecule has 0 amide bonds. The van der Waals surface area contributed by atoms with Crippen LogP contribution in [-0.4, -0.2) is 64.5 Å². The number of carbonyl (C=O) groups is 2. The molecule has 0 aliphatic heterocycles. The molecule has 0 atom stereocenters. The third-order valence-corrected chi connectivity index (χ3v) is 5.00. The van der Waals surface area contributed by atoms with E-state index in [0.29, 0.717) is 35.7 Å². The van der Waals surface area contributed by atoms with Gasteiger partial charge in [0.15, 0.2) is 6.79 Å². The van der Waals surface area contributed by atoms with E-state index < -0.39 is 5.97 Å². The summed E-state index contributed by atoms with van der Waals surface area (Å²) in [6.45, 7) is 2.10. The molecule has 10 nitrogen and oxygen atoms in total. The van der Waals surface area contributed by atoms with Crippen LogP contribution >= 0.6 is 0 Å². The first-order chi connectivity index (χ1) is 16.7. The van der Waals surface area contributed by atoms with Crippen molar-refractivity contribution in [1.82, 2.24) is 0 Å². The van der Waals surface area contributed by atoms with Gasteiger partial charge in [-0.15, -0.1) is 0 Å². The van der Waals surface area contributed by atoms with E-state index in [2.05, 4.69) is 9.47 Å². The quantitative estimate of drug-likeness (QED) is 0.354. The summed E-state index contributed by atoms with van der Waals surface area (Å²) in [4.78, 5) is 22.2. The van der Waals surface area contributed by atoms with Crippen LogP contribution in [0.3, 0.4) is 0 Å². The molecular formula is C25H34O10. The van der Waals surface area contributed by atoms with Gasteiger partial charge in [-0.05, 0) is 37.0 Å². The number of aryl methyl sites for hydroxylation is 1. The fourth-order valence-electron chi connectivity index (χ4n) is 3.09. The van der Waals surface area contributed by atoms with Crippen molar-refractivity contribution in [1.29, 1.82) is 0 Å². The highest BCUT2D eigenvalue weighted by Crippen LogP contribution is 2.33. The monoisotopic (exact) mass is 494 g/mol. The molecule has 2 aromatic rings. The highest BCUT2D eigenvalue weighted by atomic mass is 16.7. The lowest BCUT2D eigenvalue weighted by Gasteiger charge is -2.15. The Kier molecular flexibility index (Phi) is 12.8. The second kappa shape index (κ2) is 15.3. The van der Waals surface area contributed by atoms with E-state index in [4.69, 9.17) is 18.9 Å². The largest absolute Gasteiger partial charge is 0.507 e. The first kappa shape index (κ1) is 29.4. The SMILES string of the molecule is COC(=O)CCc1c(O)cc(OC)cc1O.COCOc1cc(OC)cc(C)c1CCC(=O)OC. The Morgan fingerprint density at radius 1 is 0.743 bits per heavy atom. The third kappa shape index (κ3) is 9.62. The van der Waals surface area contributed by atoms with Crippen LogP contribution in [0.5, 0.6) is 28.7 Å². The molecule has 2 N–H and O–H groups in total. The normalized spacial score (nSPS) is 10.0. The fourth-order valence-corrected chi connectivity index (χ4v) is 3.09. The van der Waals surface area contributed by atoms with E-state index in [-0.39, 0.29) is 37.1 Å². The second-order valence-electron chi connectivity index (χ2n) is 7.27. The maximum absolute atomic E-state index is 11.2. The zero-order valence-electron chi connectivity index (χ0n) is 21.0. The number of hydrogen-bond donors (Lipinski definition) is 2. The van der Waals surface area contributed by atoms with Gasteiger partial charge in [0, 0.05) is 43.7 Å². The van der Waals surface area contributed by atoms with Crippen molar-refractivity contribution in [3.63, 3.8) is 0 Å². The number of hydrogen-bond acceptors (Lipinski definition) is 10.